The molecule has 0 bridgehead atoms. The Hall–Kier alpha value is -0.170. The SMILES string of the molecule is CC1CCC(CNCCCNS(C)(=O)=O)O1. The highest BCUT2D eigenvalue weighted by molar-refractivity contribution is 7.88. The average Bonchev–Trinajstić information content (AvgIpc) is 2.56. The van der Waals surface area contributed by atoms with Crippen molar-refractivity contribution in [3.05, 3.63) is 0 Å². The molecular formula is C10H22N2O3S. The lowest BCUT2D eigenvalue weighted by atomic mass is 10.2. The molecule has 0 spiro atoms. The summed E-state index contributed by atoms with van der Waals surface area (Å²) < 4.78 is 29.6. The lowest BCUT2D eigenvalue weighted by molar-refractivity contribution is 0.0561. The van der Waals surface area contributed by atoms with Crippen LogP contribution >= 0.6 is 0 Å². The van der Waals surface area contributed by atoms with Crippen molar-refractivity contribution in [2.75, 3.05) is 25.9 Å². The van der Waals surface area contributed by atoms with Crippen LogP contribution in [0.1, 0.15) is 26.2 Å². The molecule has 0 aromatic rings. The predicted octanol–water partition coefficient (Wildman–Crippen LogP) is 0.0828. The molecule has 0 radical (unpaired) electrons. The van der Waals surface area contributed by atoms with Crippen LogP contribution in [0.15, 0.2) is 0 Å². The van der Waals surface area contributed by atoms with Crippen molar-refractivity contribution in [1.29, 1.82) is 0 Å². The fraction of sp³-hybridized carbons (Fsp3) is 1.00. The second kappa shape index (κ2) is 6.54. The van der Waals surface area contributed by atoms with Crippen LogP contribution < -0.4 is 10.0 Å². The van der Waals surface area contributed by atoms with Gasteiger partial charge in [0.1, 0.15) is 0 Å². The molecule has 0 aliphatic carbocycles. The molecule has 5 nitrogen and oxygen atoms in total. The molecule has 96 valence electrons. The number of hydrogen-bond acceptors (Lipinski definition) is 4. The fourth-order valence-corrected chi connectivity index (χ4v) is 2.28. The van der Waals surface area contributed by atoms with Crippen LogP contribution in [-0.4, -0.2) is 46.5 Å². The Labute approximate surface area is 98.0 Å². The summed E-state index contributed by atoms with van der Waals surface area (Å²) in [6.07, 6.45) is 4.96. The standard InChI is InChI=1S/C10H22N2O3S/c1-9-4-5-10(15-9)8-11-6-3-7-12-16(2,13)14/h9-12H,3-8H2,1-2H3. The second-order valence-corrected chi connectivity index (χ2v) is 6.20. The normalized spacial score (nSPS) is 26.1. The molecule has 0 aromatic carbocycles. The van der Waals surface area contributed by atoms with Crippen molar-refractivity contribution in [2.45, 2.75) is 38.4 Å². The molecule has 6 heteroatoms. The molecule has 1 aliphatic rings. The molecule has 0 aromatic heterocycles. The molecule has 1 heterocycles. The van der Waals surface area contributed by atoms with Crippen molar-refractivity contribution in [1.82, 2.24) is 10.0 Å². The van der Waals surface area contributed by atoms with Gasteiger partial charge in [0.2, 0.25) is 10.0 Å². The van der Waals surface area contributed by atoms with E-state index in [2.05, 4.69) is 17.0 Å². The summed E-state index contributed by atoms with van der Waals surface area (Å²) in [7, 11) is -3.04. The summed E-state index contributed by atoms with van der Waals surface area (Å²) >= 11 is 0. The molecule has 2 N–H and O–H groups in total. The molecule has 2 atom stereocenters. The Balaban J connectivity index is 1.92. The minimum atomic E-state index is -3.04. The van der Waals surface area contributed by atoms with E-state index in [-0.39, 0.29) is 0 Å². The first-order chi connectivity index (χ1) is 7.47. The number of hydrogen-bond donors (Lipinski definition) is 2. The van der Waals surface area contributed by atoms with E-state index in [0.29, 0.717) is 18.8 Å². The van der Waals surface area contributed by atoms with Crippen LogP contribution in [0, 0.1) is 0 Å². The first-order valence-corrected chi connectivity index (χ1v) is 7.67. The average molecular weight is 250 g/mol. The van der Waals surface area contributed by atoms with Gasteiger partial charge in [0, 0.05) is 13.1 Å². The van der Waals surface area contributed by atoms with Crippen LogP contribution in [0.5, 0.6) is 0 Å². The highest BCUT2D eigenvalue weighted by Crippen LogP contribution is 2.17. The van der Waals surface area contributed by atoms with Crippen molar-refractivity contribution in [3.63, 3.8) is 0 Å². The van der Waals surface area contributed by atoms with Crippen molar-refractivity contribution in [2.24, 2.45) is 0 Å². The Morgan fingerprint density at radius 1 is 1.31 bits per heavy atom. The minimum Gasteiger partial charge on any atom is -0.374 e. The van der Waals surface area contributed by atoms with Crippen LogP contribution in [0.25, 0.3) is 0 Å². The van der Waals surface area contributed by atoms with Crippen LogP contribution in [0.4, 0.5) is 0 Å². The smallest absolute Gasteiger partial charge is 0.208 e. The van der Waals surface area contributed by atoms with Gasteiger partial charge in [0.05, 0.1) is 18.5 Å². The molecule has 0 amide bonds. The van der Waals surface area contributed by atoms with Gasteiger partial charge in [-0.3, -0.25) is 0 Å². The van der Waals surface area contributed by atoms with E-state index in [9.17, 15) is 8.42 Å². The van der Waals surface area contributed by atoms with Crippen LogP contribution in [-0.2, 0) is 14.8 Å². The second-order valence-electron chi connectivity index (χ2n) is 4.37. The Bertz CT molecular complexity index is 292. The fourth-order valence-electron chi connectivity index (χ4n) is 1.77. The van der Waals surface area contributed by atoms with E-state index >= 15 is 0 Å². The van der Waals surface area contributed by atoms with Gasteiger partial charge < -0.3 is 10.1 Å². The van der Waals surface area contributed by atoms with Crippen molar-refractivity contribution in [3.8, 4) is 0 Å². The van der Waals surface area contributed by atoms with Crippen molar-refractivity contribution < 1.29 is 13.2 Å². The van der Waals surface area contributed by atoms with Gasteiger partial charge >= 0.3 is 0 Å². The van der Waals surface area contributed by atoms with Gasteiger partial charge in [0.25, 0.3) is 0 Å². The summed E-state index contributed by atoms with van der Waals surface area (Å²) in [5.74, 6) is 0. The number of nitrogens with one attached hydrogen (secondary N) is 2. The molecule has 1 fully saturated rings. The van der Waals surface area contributed by atoms with E-state index in [0.717, 1.165) is 32.4 Å². The van der Waals surface area contributed by atoms with Gasteiger partial charge in [-0.25, -0.2) is 13.1 Å². The molecule has 1 rings (SSSR count). The maximum absolute atomic E-state index is 10.8. The largest absolute Gasteiger partial charge is 0.374 e. The first-order valence-electron chi connectivity index (χ1n) is 5.78. The third-order valence-corrected chi connectivity index (χ3v) is 3.32. The van der Waals surface area contributed by atoms with Crippen LogP contribution in [0.2, 0.25) is 0 Å². The zero-order valence-electron chi connectivity index (χ0n) is 10.0. The van der Waals surface area contributed by atoms with E-state index in [4.69, 9.17) is 4.74 Å². The van der Waals surface area contributed by atoms with E-state index in [1.165, 1.54) is 6.26 Å². The maximum atomic E-state index is 10.8. The van der Waals surface area contributed by atoms with Crippen LogP contribution in [0.3, 0.4) is 0 Å². The summed E-state index contributed by atoms with van der Waals surface area (Å²) in [6, 6.07) is 0. The number of sulfonamides is 1. The minimum absolute atomic E-state index is 0.331. The quantitative estimate of drug-likeness (QED) is 0.628. The molecule has 16 heavy (non-hydrogen) atoms. The third kappa shape index (κ3) is 6.42. The monoisotopic (exact) mass is 250 g/mol. The molecular weight excluding hydrogens is 228 g/mol. The highest BCUT2D eigenvalue weighted by Gasteiger charge is 2.20. The Kier molecular flexibility index (Phi) is 5.68. The third-order valence-electron chi connectivity index (χ3n) is 2.59. The van der Waals surface area contributed by atoms with E-state index < -0.39 is 10.0 Å². The lowest BCUT2D eigenvalue weighted by Gasteiger charge is -2.12. The summed E-state index contributed by atoms with van der Waals surface area (Å²) in [5.41, 5.74) is 0. The molecule has 0 saturated carbocycles. The zero-order valence-corrected chi connectivity index (χ0v) is 10.8. The van der Waals surface area contributed by atoms with E-state index in [1.54, 1.807) is 0 Å². The first kappa shape index (κ1) is 13.9. The molecule has 1 saturated heterocycles. The molecule has 1 aliphatic heterocycles. The number of ether oxygens (including phenoxy) is 1. The Morgan fingerprint density at radius 3 is 2.62 bits per heavy atom. The van der Waals surface area contributed by atoms with Gasteiger partial charge in [-0.2, -0.15) is 0 Å². The summed E-state index contributed by atoms with van der Waals surface area (Å²) in [4.78, 5) is 0. The predicted molar refractivity (Wildman–Crippen MR) is 63.9 cm³/mol. The van der Waals surface area contributed by atoms with Gasteiger partial charge in [-0.1, -0.05) is 0 Å². The number of rotatable bonds is 7. The summed E-state index contributed by atoms with van der Waals surface area (Å²) in [6.45, 7) is 4.27. The van der Waals surface area contributed by atoms with E-state index in [1.807, 2.05) is 0 Å². The Morgan fingerprint density at radius 2 is 2.06 bits per heavy atom. The highest BCUT2D eigenvalue weighted by atomic mass is 32.2. The summed E-state index contributed by atoms with van der Waals surface area (Å²) in [5, 5.41) is 3.27. The van der Waals surface area contributed by atoms with Gasteiger partial charge in [-0.05, 0) is 32.7 Å². The topological polar surface area (TPSA) is 67.4 Å². The maximum Gasteiger partial charge on any atom is 0.208 e. The van der Waals surface area contributed by atoms with Gasteiger partial charge in [-0.15, -0.1) is 0 Å². The molecule has 2 unspecified atom stereocenters. The van der Waals surface area contributed by atoms with Crippen molar-refractivity contribution >= 4 is 10.0 Å². The van der Waals surface area contributed by atoms with Gasteiger partial charge in [0.15, 0.2) is 0 Å². The zero-order chi connectivity index (χ0) is 12.0. The lowest BCUT2D eigenvalue weighted by Crippen LogP contribution is -2.30.